The number of benzene rings is 1. The Bertz CT molecular complexity index is 709. The van der Waals surface area contributed by atoms with Gasteiger partial charge in [0.1, 0.15) is 5.75 Å². The lowest BCUT2D eigenvalue weighted by molar-refractivity contribution is 0.287. The van der Waals surface area contributed by atoms with E-state index in [2.05, 4.69) is 40.3 Å². The van der Waals surface area contributed by atoms with Crippen LogP contribution in [0.15, 0.2) is 23.2 Å². The molecule has 0 bridgehead atoms. The van der Waals surface area contributed by atoms with E-state index in [1.165, 1.54) is 0 Å². The summed E-state index contributed by atoms with van der Waals surface area (Å²) in [5, 5.41) is 6.28. The molecular weight excluding hydrogens is 491 g/mol. The van der Waals surface area contributed by atoms with Crippen molar-refractivity contribution >= 4 is 40.0 Å². The summed E-state index contributed by atoms with van der Waals surface area (Å²) in [6.45, 7) is 11.0. The van der Waals surface area contributed by atoms with Gasteiger partial charge in [0.15, 0.2) is 5.96 Å². The Balaban J connectivity index is 0.00000729. The summed E-state index contributed by atoms with van der Waals surface area (Å²) in [4.78, 5) is 4.59. The zero-order chi connectivity index (χ0) is 20.3. The van der Waals surface area contributed by atoms with Crippen molar-refractivity contribution in [1.29, 1.82) is 0 Å². The molecule has 0 saturated carbocycles. The Labute approximate surface area is 187 Å². The molecule has 1 aromatic carbocycles. The third kappa shape index (κ3) is 12.4. The lowest BCUT2D eigenvalue weighted by atomic mass is 10.1. The molecule has 0 unspecified atom stereocenters. The standard InChI is InChI=1S/C19H34N4O3S.HI/c1-6-20-19(21-10-11-23-27(5,24)25)22-14-17-8-7-16(4)13-18(17)26-12-9-15(2)3;/h7-8,13,15,23H,6,9-12,14H2,1-5H3,(H2,20,21,22);1H. The van der Waals surface area contributed by atoms with Crippen LogP contribution in [-0.4, -0.2) is 46.9 Å². The minimum Gasteiger partial charge on any atom is -0.493 e. The van der Waals surface area contributed by atoms with Gasteiger partial charge in [-0.15, -0.1) is 24.0 Å². The van der Waals surface area contributed by atoms with Gasteiger partial charge in [-0.2, -0.15) is 0 Å². The van der Waals surface area contributed by atoms with Gasteiger partial charge in [0.05, 0.1) is 19.4 Å². The average Bonchev–Trinajstić information content (AvgIpc) is 2.56. The zero-order valence-electron chi connectivity index (χ0n) is 17.5. The second kappa shape index (κ2) is 14.0. The maximum atomic E-state index is 11.1. The molecule has 1 aromatic rings. The van der Waals surface area contributed by atoms with Crippen molar-refractivity contribution in [2.75, 3.05) is 32.5 Å². The Morgan fingerprint density at radius 3 is 2.54 bits per heavy atom. The fourth-order valence-corrected chi connectivity index (χ4v) is 2.73. The molecule has 0 aromatic heterocycles. The van der Waals surface area contributed by atoms with Crippen LogP contribution in [0.3, 0.4) is 0 Å². The van der Waals surface area contributed by atoms with Gasteiger partial charge >= 0.3 is 0 Å². The van der Waals surface area contributed by atoms with Crippen LogP contribution in [0.5, 0.6) is 5.75 Å². The molecule has 0 saturated heterocycles. The van der Waals surface area contributed by atoms with E-state index >= 15 is 0 Å². The summed E-state index contributed by atoms with van der Waals surface area (Å²) in [5.74, 6) is 2.11. The second-order valence-electron chi connectivity index (χ2n) is 6.93. The number of rotatable bonds is 11. The van der Waals surface area contributed by atoms with Crippen LogP contribution >= 0.6 is 24.0 Å². The molecule has 0 fully saturated rings. The average molecular weight is 526 g/mol. The van der Waals surface area contributed by atoms with Crippen LogP contribution in [0.25, 0.3) is 0 Å². The molecule has 0 heterocycles. The van der Waals surface area contributed by atoms with E-state index < -0.39 is 10.0 Å². The summed E-state index contributed by atoms with van der Waals surface area (Å²) in [6.07, 6.45) is 2.15. The molecule has 0 radical (unpaired) electrons. The molecule has 0 aliphatic rings. The quantitative estimate of drug-likeness (QED) is 0.179. The van der Waals surface area contributed by atoms with E-state index in [4.69, 9.17) is 4.74 Å². The predicted molar refractivity (Wildman–Crippen MR) is 127 cm³/mol. The summed E-state index contributed by atoms with van der Waals surface area (Å²) < 4.78 is 30.6. The highest BCUT2D eigenvalue weighted by Crippen LogP contribution is 2.22. The number of hydrogen-bond acceptors (Lipinski definition) is 4. The third-order valence-electron chi connectivity index (χ3n) is 3.71. The maximum Gasteiger partial charge on any atom is 0.208 e. The van der Waals surface area contributed by atoms with E-state index in [1.54, 1.807) is 0 Å². The number of nitrogens with zero attached hydrogens (tertiary/aromatic N) is 1. The van der Waals surface area contributed by atoms with Crippen LogP contribution in [0.1, 0.15) is 38.3 Å². The van der Waals surface area contributed by atoms with Gasteiger partial charge in [0.2, 0.25) is 10.0 Å². The van der Waals surface area contributed by atoms with E-state index in [0.29, 0.717) is 38.1 Å². The number of hydrogen-bond donors (Lipinski definition) is 3. The van der Waals surface area contributed by atoms with E-state index in [1.807, 2.05) is 26.0 Å². The van der Waals surface area contributed by atoms with Gasteiger partial charge in [0.25, 0.3) is 0 Å². The summed E-state index contributed by atoms with van der Waals surface area (Å²) >= 11 is 0. The molecule has 1 rings (SSSR count). The smallest absolute Gasteiger partial charge is 0.208 e. The van der Waals surface area contributed by atoms with Crippen LogP contribution in [-0.2, 0) is 16.6 Å². The first-order chi connectivity index (χ1) is 12.7. The molecular formula is C19H35IN4O3S. The SMILES string of the molecule is CCNC(=NCc1ccc(C)cc1OCCC(C)C)NCCNS(C)(=O)=O.I. The first kappa shape index (κ1) is 26.9. The maximum absolute atomic E-state index is 11.1. The lowest BCUT2D eigenvalue weighted by Crippen LogP contribution is -2.41. The van der Waals surface area contributed by atoms with Crippen molar-refractivity contribution in [1.82, 2.24) is 15.4 Å². The Hall–Kier alpha value is -1.07. The van der Waals surface area contributed by atoms with Crippen molar-refractivity contribution in [3.63, 3.8) is 0 Å². The van der Waals surface area contributed by atoms with Crippen LogP contribution in [0.2, 0.25) is 0 Å². The van der Waals surface area contributed by atoms with Gasteiger partial charge in [-0.3, -0.25) is 0 Å². The second-order valence-corrected chi connectivity index (χ2v) is 8.76. The van der Waals surface area contributed by atoms with Crippen molar-refractivity contribution in [2.24, 2.45) is 10.9 Å². The largest absolute Gasteiger partial charge is 0.493 e. The molecule has 0 aliphatic heterocycles. The fraction of sp³-hybridized carbons (Fsp3) is 0.632. The normalized spacial score (nSPS) is 11.9. The van der Waals surface area contributed by atoms with Crippen molar-refractivity contribution in [3.05, 3.63) is 29.3 Å². The van der Waals surface area contributed by atoms with Gasteiger partial charge < -0.3 is 15.4 Å². The number of guanidine groups is 1. The molecule has 9 heteroatoms. The Morgan fingerprint density at radius 1 is 1.21 bits per heavy atom. The van der Waals surface area contributed by atoms with Crippen LogP contribution in [0.4, 0.5) is 0 Å². The number of halogens is 1. The van der Waals surface area contributed by atoms with Gasteiger partial charge in [-0.05, 0) is 37.8 Å². The minimum atomic E-state index is -3.18. The first-order valence-electron chi connectivity index (χ1n) is 9.40. The molecule has 3 N–H and O–H groups in total. The number of nitrogens with one attached hydrogen (secondary N) is 3. The van der Waals surface area contributed by atoms with Crippen molar-refractivity contribution < 1.29 is 13.2 Å². The topological polar surface area (TPSA) is 91.8 Å². The molecule has 162 valence electrons. The molecule has 7 nitrogen and oxygen atoms in total. The van der Waals surface area contributed by atoms with Crippen LogP contribution < -0.4 is 20.1 Å². The van der Waals surface area contributed by atoms with Crippen LogP contribution in [0, 0.1) is 12.8 Å². The highest BCUT2D eigenvalue weighted by Gasteiger charge is 2.06. The molecule has 0 atom stereocenters. The summed E-state index contributed by atoms with van der Waals surface area (Å²) in [6, 6.07) is 6.14. The molecule has 0 spiro atoms. The summed E-state index contributed by atoms with van der Waals surface area (Å²) in [7, 11) is -3.18. The van der Waals surface area contributed by atoms with Crippen molar-refractivity contribution in [2.45, 2.75) is 40.7 Å². The number of aliphatic imine (C=N–C) groups is 1. The van der Waals surface area contributed by atoms with Gasteiger partial charge in [0, 0.05) is 25.2 Å². The predicted octanol–water partition coefficient (Wildman–Crippen LogP) is 2.64. The Kier molecular flexibility index (Phi) is 13.5. The number of aryl methyl sites for hydroxylation is 1. The Morgan fingerprint density at radius 2 is 1.93 bits per heavy atom. The van der Waals surface area contributed by atoms with E-state index in [-0.39, 0.29) is 24.0 Å². The monoisotopic (exact) mass is 526 g/mol. The number of ether oxygens (including phenoxy) is 1. The highest BCUT2D eigenvalue weighted by atomic mass is 127. The van der Waals surface area contributed by atoms with Gasteiger partial charge in [-0.1, -0.05) is 26.0 Å². The molecule has 0 aliphatic carbocycles. The number of sulfonamides is 1. The fourth-order valence-electron chi connectivity index (χ4n) is 2.25. The minimum absolute atomic E-state index is 0. The zero-order valence-corrected chi connectivity index (χ0v) is 20.7. The van der Waals surface area contributed by atoms with E-state index in [9.17, 15) is 8.42 Å². The molecule has 28 heavy (non-hydrogen) atoms. The first-order valence-corrected chi connectivity index (χ1v) is 11.3. The van der Waals surface area contributed by atoms with E-state index in [0.717, 1.165) is 36.1 Å². The summed E-state index contributed by atoms with van der Waals surface area (Å²) in [5.41, 5.74) is 2.18. The lowest BCUT2D eigenvalue weighted by Gasteiger charge is -2.14. The van der Waals surface area contributed by atoms with Gasteiger partial charge in [-0.25, -0.2) is 18.1 Å². The molecule has 0 amide bonds. The van der Waals surface area contributed by atoms with Crippen molar-refractivity contribution in [3.8, 4) is 5.75 Å². The third-order valence-corrected chi connectivity index (χ3v) is 4.44. The highest BCUT2D eigenvalue weighted by molar-refractivity contribution is 14.0.